The van der Waals surface area contributed by atoms with Crippen molar-refractivity contribution in [3.8, 4) is 0 Å². The minimum absolute atomic E-state index is 0.0250. The Bertz CT molecular complexity index is 409. The third-order valence-corrected chi connectivity index (χ3v) is 5.13. The molecule has 1 N–H and O–H groups in total. The van der Waals surface area contributed by atoms with E-state index in [0.717, 1.165) is 25.7 Å². The minimum atomic E-state index is -3.07. The SMILES string of the molecule is CS(=O)(=O)N1CCC(CNC(=O)C2CCCO2)CC1. The summed E-state index contributed by atoms with van der Waals surface area (Å²) in [6, 6.07) is 0. The van der Waals surface area contributed by atoms with Gasteiger partial charge >= 0.3 is 0 Å². The van der Waals surface area contributed by atoms with Crippen molar-refractivity contribution in [2.75, 3.05) is 32.5 Å². The Morgan fingerprint density at radius 3 is 2.53 bits per heavy atom. The van der Waals surface area contributed by atoms with Crippen LogP contribution in [0.2, 0.25) is 0 Å². The molecule has 2 aliphatic rings. The number of carbonyl (C=O) groups excluding carboxylic acids is 1. The molecule has 0 aliphatic carbocycles. The molecular weight excluding hydrogens is 268 g/mol. The van der Waals surface area contributed by atoms with Crippen molar-refractivity contribution in [2.45, 2.75) is 31.8 Å². The van der Waals surface area contributed by atoms with Gasteiger partial charge in [-0.05, 0) is 31.6 Å². The first-order chi connectivity index (χ1) is 8.97. The number of nitrogens with zero attached hydrogens (tertiary/aromatic N) is 1. The third-order valence-electron chi connectivity index (χ3n) is 3.83. The average Bonchev–Trinajstić information content (AvgIpc) is 2.89. The molecule has 110 valence electrons. The van der Waals surface area contributed by atoms with Crippen LogP contribution in [0.1, 0.15) is 25.7 Å². The number of piperidine rings is 1. The quantitative estimate of drug-likeness (QED) is 0.788. The summed E-state index contributed by atoms with van der Waals surface area (Å²) in [5.74, 6) is 0.339. The van der Waals surface area contributed by atoms with Crippen molar-refractivity contribution in [2.24, 2.45) is 5.92 Å². The summed E-state index contributed by atoms with van der Waals surface area (Å²) in [5.41, 5.74) is 0. The number of sulfonamides is 1. The summed E-state index contributed by atoms with van der Waals surface area (Å²) >= 11 is 0. The van der Waals surface area contributed by atoms with E-state index in [4.69, 9.17) is 4.74 Å². The minimum Gasteiger partial charge on any atom is -0.368 e. The summed E-state index contributed by atoms with van der Waals surface area (Å²) in [4.78, 5) is 11.8. The van der Waals surface area contributed by atoms with Gasteiger partial charge in [0.2, 0.25) is 15.9 Å². The van der Waals surface area contributed by atoms with Gasteiger partial charge in [0.1, 0.15) is 6.10 Å². The van der Waals surface area contributed by atoms with Gasteiger partial charge in [-0.15, -0.1) is 0 Å². The van der Waals surface area contributed by atoms with Crippen LogP contribution in [0, 0.1) is 5.92 Å². The molecule has 19 heavy (non-hydrogen) atoms. The number of amides is 1. The molecule has 2 saturated heterocycles. The molecule has 1 unspecified atom stereocenters. The van der Waals surface area contributed by atoms with Gasteiger partial charge in [-0.25, -0.2) is 12.7 Å². The van der Waals surface area contributed by atoms with Crippen LogP contribution in [0.15, 0.2) is 0 Å². The molecule has 0 bridgehead atoms. The summed E-state index contributed by atoms with van der Waals surface area (Å²) in [6.45, 7) is 2.40. The highest BCUT2D eigenvalue weighted by molar-refractivity contribution is 7.88. The first-order valence-electron chi connectivity index (χ1n) is 6.81. The van der Waals surface area contributed by atoms with Crippen molar-refractivity contribution >= 4 is 15.9 Å². The van der Waals surface area contributed by atoms with E-state index in [2.05, 4.69) is 5.32 Å². The Labute approximate surface area is 114 Å². The van der Waals surface area contributed by atoms with E-state index < -0.39 is 10.0 Å². The first-order valence-corrected chi connectivity index (χ1v) is 8.66. The van der Waals surface area contributed by atoms with Crippen LogP contribution in [-0.2, 0) is 19.6 Å². The number of rotatable bonds is 4. The zero-order valence-electron chi connectivity index (χ0n) is 11.3. The molecule has 7 heteroatoms. The molecule has 2 rings (SSSR count). The number of hydrogen-bond acceptors (Lipinski definition) is 4. The molecule has 2 aliphatic heterocycles. The van der Waals surface area contributed by atoms with Gasteiger partial charge in [0, 0.05) is 26.2 Å². The molecule has 0 spiro atoms. The maximum absolute atomic E-state index is 11.8. The normalized spacial score (nSPS) is 26.5. The Kier molecular flexibility index (Phi) is 4.81. The summed E-state index contributed by atoms with van der Waals surface area (Å²) < 4.78 is 29.6. The number of ether oxygens (including phenoxy) is 1. The van der Waals surface area contributed by atoms with E-state index in [-0.39, 0.29) is 12.0 Å². The Balaban J connectivity index is 1.69. The largest absolute Gasteiger partial charge is 0.368 e. The van der Waals surface area contributed by atoms with Crippen LogP contribution in [-0.4, -0.2) is 57.2 Å². The molecule has 0 radical (unpaired) electrons. The van der Waals surface area contributed by atoms with Gasteiger partial charge in [0.15, 0.2) is 0 Å². The van der Waals surface area contributed by atoms with Crippen molar-refractivity contribution < 1.29 is 17.9 Å². The molecule has 2 heterocycles. The fraction of sp³-hybridized carbons (Fsp3) is 0.917. The van der Waals surface area contributed by atoms with Gasteiger partial charge in [0.25, 0.3) is 0 Å². The Morgan fingerprint density at radius 2 is 2.00 bits per heavy atom. The molecular formula is C12H22N2O4S. The first kappa shape index (κ1) is 14.7. The smallest absolute Gasteiger partial charge is 0.249 e. The van der Waals surface area contributed by atoms with Gasteiger partial charge < -0.3 is 10.1 Å². The van der Waals surface area contributed by atoms with Gasteiger partial charge in [-0.1, -0.05) is 0 Å². The second-order valence-corrected chi connectivity index (χ2v) is 7.33. The fourth-order valence-corrected chi connectivity index (χ4v) is 3.46. The molecule has 0 saturated carbocycles. The standard InChI is InChI=1S/C12H22N2O4S/c1-19(16,17)14-6-4-10(5-7-14)9-13-12(15)11-3-2-8-18-11/h10-11H,2-9H2,1H3,(H,13,15). The summed E-state index contributed by atoms with van der Waals surface area (Å²) in [5, 5.41) is 2.92. The lowest BCUT2D eigenvalue weighted by Crippen LogP contribution is -2.42. The monoisotopic (exact) mass is 290 g/mol. The van der Waals surface area contributed by atoms with Gasteiger partial charge in [0.05, 0.1) is 6.26 Å². The van der Waals surface area contributed by atoms with Crippen molar-refractivity contribution in [1.29, 1.82) is 0 Å². The Morgan fingerprint density at radius 1 is 1.32 bits per heavy atom. The lowest BCUT2D eigenvalue weighted by atomic mass is 9.98. The number of hydrogen-bond donors (Lipinski definition) is 1. The predicted molar refractivity (Wildman–Crippen MR) is 71.1 cm³/mol. The fourth-order valence-electron chi connectivity index (χ4n) is 2.59. The van der Waals surface area contributed by atoms with E-state index >= 15 is 0 Å². The average molecular weight is 290 g/mol. The summed E-state index contributed by atoms with van der Waals surface area (Å²) in [6.07, 6.45) is 4.32. The zero-order valence-corrected chi connectivity index (χ0v) is 12.1. The van der Waals surface area contributed by atoms with E-state index in [1.807, 2.05) is 0 Å². The molecule has 1 atom stereocenters. The highest BCUT2D eigenvalue weighted by Gasteiger charge is 2.27. The van der Waals surface area contributed by atoms with Crippen LogP contribution >= 0.6 is 0 Å². The Hall–Kier alpha value is -0.660. The van der Waals surface area contributed by atoms with Crippen molar-refractivity contribution in [3.05, 3.63) is 0 Å². The lowest BCUT2D eigenvalue weighted by Gasteiger charge is -2.30. The third kappa shape index (κ3) is 4.15. The molecule has 1 amide bonds. The highest BCUT2D eigenvalue weighted by atomic mass is 32.2. The van der Waals surface area contributed by atoms with E-state index in [1.165, 1.54) is 10.6 Å². The van der Waals surface area contributed by atoms with Crippen LogP contribution in [0.5, 0.6) is 0 Å². The molecule has 2 fully saturated rings. The van der Waals surface area contributed by atoms with Crippen LogP contribution < -0.4 is 5.32 Å². The lowest BCUT2D eigenvalue weighted by molar-refractivity contribution is -0.130. The van der Waals surface area contributed by atoms with E-state index in [9.17, 15) is 13.2 Å². The second kappa shape index (κ2) is 6.19. The molecule has 0 aromatic heterocycles. The van der Waals surface area contributed by atoms with Crippen molar-refractivity contribution in [3.63, 3.8) is 0 Å². The maximum atomic E-state index is 11.8. The molecule has 6 nitrogen and oxygen atoms in total. The predicted octanol–water partition coefficient (Wildman–Crippen LogP) is -0.0468. The van der Waals surface area contributed by atoms with Gasteiger partial charge in [-0.3, -0.25) is 4.79 Å². The number of carbonyl (C=O) groups is 1. The second-order valence-electron chi connectivity index (χ2n) is 5.35. The van der Waals surface area contributed by atoms with E-state index in [1.54, 1.807) is 0 Å². The zero-order chi connectivity index (χ0) is 13.9. The maximum Gasteiger partial charge on any atom is 0.249 e. The van der Waals surface area contributed by atoms with Crippen LogP contribution in [0.25, 0.3) is 0 Å². The van der Waals surface area contributed by atoms with Crippen molar-refractivity contribution in [1.82, 2.24) is 9.62 Å². The topological polar surface area (TPSA) is 75.7 Å². The molecule has 0 aromatic rings. The van der Waals surface area contributed by atoms with Gasteiger partial charge in [-0.2, -0.15) is 0 Å². The van der Waals surface area contributed by atoms with Crippen LogP contribution in [0.3, 0.4) is 0 Å². The highest BCUT2D eigenvalue weighted by Crippen LogP contribution is 2.19. The van der Waals surface area contributed by atoms with E-state index in [0.29, 0.717) is 32.2 Å². The molecule has 0 aromatic carbocycles. The van der Waals surface area contributed by atoms with Crippen LogP contribution in [0.4, 0.5) is 0 Å². The number of nitrogens with one attached hydrogen (secondary N) is 1. The summed E-state index contributed by atoms with van der Waals surface area (Å²) in [7, 11) is -3.07.